The van der Waals surface area contributed by atoms with Crippen molar-refractivity contribution in [2.75, 3.05) is 31.1 Å². The van der Waals surface area contributed by atoms with Crippen molar-refractivity contribution < 1.29 is 9.45 Å². The minimum atomic E-state index is -0.377. The van der Waals surface area contributed by atoms with Gasteiger partial charge in [0, 0.05) is 50.4 Å². The van der Waals surface area contributed by atoms with Crippen molar-refractivity contribution in [3.8, 4) is 0 Å². The lowest BCUT2D eigenvalue weighted by atomic mass is 10.2. The normalized spacial score (nSPS) is 17.0. The average Bonchev–Trinajstić information content (AvgIpc) is 3.10. The molecule has 0 amide bonds. The summed E-state index contributed by atoms with van der Waals surface area (Å²) >= 11 is 0. The zero-order valence-electron chi connectivity index (χ0n) is 13.9. The molecule has 1 aromatic carbocycles. The second-order valence-corrected chi connectivity index (χ2v) is 5.87. The van der Waals surface area contributed by atoms with Crippen molar-refractivity contribution in [2.24, 2.45) is 0 Å². The number of non-ortho nitro benzene ring substituents is 1. The van der Waals surface area contributed by atoms with E-state index in [2.05, 4.69) is 26.9 Å². The summed E-state index contributed by atoms with van der Waals surface area (Å²) in [4.78, 5) is 19.3. The summed E-state index contributed by atoms with van der Waals surface area (Å²) in [6.45, 7) is 7.55. The molecule has 1 unspecified atom stereocenters. The molecule has 128 valence electrons. The zero-order chi connectivity index (χ0) is 17.1. The number of nitro groups is 1. The Hall–Kier alpha value is -2.48. The number of nitro benzene ring substituents is 1. The van der Waals surface area contributed by atoms with Crippen LogP contribution in [0, 0.1) is 10.1 Å². The number of anilines is 1. The van der Waals surface area contributed by atoms with Crippen LogP contribution >= 0.6 is 0 Å². The van der Waals surface area contributed by atoms with Gasteiger partial charge < -0.3 is 9.42 Å². The number of benzene rings is 1. The molecule has 1 aromatic heterocycles. The average molecular weight is 331 g/mol. The maximum absolute atomic E-state index is 10.7. The van der Waals surface area contributed by atoms with Crippen LogP contribution in [-0.4, -0.2) is 46.1 Å². The molecule has 0 radical (unpaired) electrons. The van der Waals surface area contributed by atoms with Crippen molar-refractivity contribution in [1.29, 1.82) is 0 Å². The predicted octanol–water partition coefficient (Wildman–Crippen LogP) is 2.42. The summed E-state index contributed by atoms with van der Waals surface area (Å²) < 4.78 is 5.34. The molecule has 0 spiro atoms. The summed E-state index contributed by atoms with van der Waals surface area (Å²) in [5.41, 5.74) is 1.13. The van der Waals surface area contributed by atoms with Crippen LogP contribution in [0.3, 0.4) is 0 Å². The molecule has 1 saturated heterocycles. The highest BCUT2D eigenvalue weighted by Gasteiger charge is 2.25. The third kappa shape index (κ3) is 3.38. The van der Waals surface area contributed by atoms with Crippen LogP contribution in [0.15, 0.2) is 28.8 Å². The Morgan fingerprint density at radius 1 is 1.25 bits per heavy atom. The largest absolute Gasteiger partial charge is 0.369 e. The number of aromatic nitrogens is 2. The van der Waals surface area contributed by atoms with Crippen LogP contribution in [0.2, 0.25) is 0 Å². The Morgan fingerprint density at radius 2 is 1.92 bits per heavy atom. The van der Waals surface area contributed by atoms with Gasteiger partial charge in [-0.05, 0) is 19.1 Å². The lowest BCUT2D eigenvalue weighted by Crippen LogP contribution is -2.47. The Bertz CT molecular complexity index is 692. The van der Waals surface area contributed by atoms with Gasteiger partial charge in [0.05, 0.1) is 11.0 Å². The van der Waals surface area contributed by atoms with Crippen molar-refractivity contribution in [3.05, 3.63) is 46.1 Å². The smallest absolute Gasteiger partial charge is 0.269 e. The third-order valence-electron chi connectivity index (χ3n) is 4.45. The third-order valence-corrected chi connectivity index (χ3v) is 4.45. The first kappa shape index (κ1) is 16.4. The van der Waals surface area contributed by atoms with Crippen LogP contribution < -0.4 is 4.90 Å². The van der Waals surface area contributed by atoms with E-state index in [0.717, 1.165) is 44.1 Å². The molecule has 1 aliphatic rings. The van der Waals surface area contributed by atoms with E-state index in [1.54, 1.807) is 12.1 Å². The highest BCUT2D eigenvalue weighted by molar-refractivity contribution is 5.51. The molecule has 1 atom stereocenters. The first-order valence-corrected chi connectivity index (χ1v) is 8.14. The van der Waals surface area contributed by atoms with E-state index in [4.69, 9.17) is 4.52 Å². The van der Waals surface area contributed by atoms with Gasteiger partial charge in [0.15, 0.2) is 5.82 Å². The summed E-state index contributed by atoms with van der Waals surface area (Å²) in [7, 11) is 0. The lowest BCUT2D eigenvalue weighted by molar-refractivity contribution is -0.384. The number of nitrogens with zero attached hydrogens (tertiary/aromatic N) is 5. The molecule has 8 nitrogen and oxygen atoms in total. The zero-order valence-corrected chi connectivity index (χ0v) is 13.9. The minimum Gasteiger partial charge on any atom is -0.369 e. The van der Waals surface area contributed by atoms with E-state index >= 15 is 0 Å². The number of aryl methyl sites for hydroxylation is 1. The standard InChI is InChI=1S/C16H21N5O3/c1-3-15-17-16(24-18-15)12(2)19-8-10-20(11-9-19)13-4-6-14(7-5-13)21(22)23/h4-7,12H,3,8-11H2,1-2H3. The first-order valence-electron chi connectivity index (χ1n) is 8.14. The van der Waals surface area contributed by atoms with Crippen molar-refractivity contribution in [2.45, 2.75) is 26.3 Å². The quantitative estimate of drug-likeness (QED) is 0.614. The van der Waals surface area contributed by atoms with Gasteiger partial charge in [-0.15, -0.1) is 0 Å². The van der Waals surface area contributed by atoms with Crippen LogP contribution in [0.1, 0.15) is 31.6 Å². The molecule has 1 fully saturated rings. The fourth-order valence-electron chi connectivity index (χ4n) is 2.89. The maximum atomic E-state index is 10.7. The molecule has 2 heterocycles. The predicted molar refractivity (Wildman–Crippen MR) is 89.0 cm³/mol. The topological polar surface area (TPSA) is 88.5 Å². The van der Waals surface area contributed by atoms with E-state index in [9.17, 15) is 10.1 Å². The van der Waals surface area contributed by atoms with E-state index in [1.165, 1.54) is 0 Å². The summed E-state index contributed by atoms with van der Waals surface area (Å²) in [6.07, 6.45) is 0.768. The molecule has 0 bridgehead atoms. The monoisotopic (exact) mass is 331 g/mol. The fraction of sp³-hybridized carbons (Fsp3) is 0.500. The highest BCUT2D eigenvalue weighted by atomic mass is 16.6. The number of rotatable bonds is 5. The molecule has 24 heavy (non-hydrogen) atoms. The van der Waals surface area contributed by atoms with Gasteiger partial charge in [-0.1, -0.05) is 12.1 Å². The summed E-state index contributed by atoms with van der Waals surface area (Å²) in [5, 5.41) is 14.7. The summed E-state index contributed by atoms with van der Waals surface area (Å²) in [6, 6.07) is 6.81. The Kier molecular flexibility index (Phi) is 4.75. The number of hydrogen-bond donors (Lipinski definition) is 0. The molecule has 8 heteroatoms. The molecule has 2 aromatic rings. The number of hydrogen-bond acceptors (Lipinski definition) is 7. The van der Waals surface area contributed by atoms with E-state index in [0.29, 0.717) is 5.89 Å². The Labute approximate surface area is 140 Å². The van der Waals surface area contributed by atoms with Gasteiger partial charge in [-0.25, -0.2) is 0 Å². The van der Waals surface area contributed by atoms with Crippen LogP contribution in [0.25, 0.3) is 0 Å². The van der Waals surface area contributed by atoms with Crippen LogP contribution in [0.4, 0.5) is 11.4 Å². The molecule has 1 aliphatic heterocycles. The second-order valence-electron chi connectivity index (χ2n) is 5.87. The Balaban J connectivity index is 1.59. The second kappa shape index (κ2) is 6.96. The van der Waals surface area contributed by atoms with E-state index < -0.39 is 0 Å². The SMILES string of the molecule is CCc1noc(C(C)N2CCN(c3ccc([N+](=O)[O-])cc3)CC2)n1. The van der Waals surface area contributed by atoms with Gasteiger partial charge in [-0.3, -0.25) is 15.0 Å². The molecule has 0 aliphatic carbocycles. The van der Waals surface area contributed by atoms with Crippen LogP contribution in [0.5, 0.6) is 0 Å². The molecule has 0 saturated carbocycles. The molecule has 3 rings (SSSR count). The van der Waals surface area contributed by atoms with Gasteiger partial charge >= 0.3 is 0 Å². The van der Waals surface area contributed by atoms with Gasteiger partial charge in [0.25, 0.3) is 5.69 Å². The van der Waals surface area contributed by atoms with Crippen molar-refractivity contribution in [1.82, 2.24) is 15.0 Å². The van der Waals surface area contributed by atoms with Crippen LogP contribution in [-0.2, 0) is 6.42 Å². The van der Waals surface area contributed by atoms with Gasteiger partial charge in [0.1, 0.15) is 0 Å². The van der Waals surface area contributed by atoms with Crippen molar-refractivity contribution in [3.63, 3.8) is 0 Å². The minimum absolute atomic E-state index is 0.0943. The van der Waals surface area contributed by atoms with E-state index in [-0.39, 0.29) is 16.7 Å². The van der Waals surface area contributed by atoms with E-state index in [1.807, 2.05) is 19.1 Å². The molecular weight excluding hydrogens is 310 g/mol. The maximum Gasteiger partial charge on any atom is 0.269 e. The number of piperazine rings is 1. The molecular formula is C16H21N5O3. The Morgan fingerprint density at radius 3 is 2.46 bits per heavy atom. The van der Waals surface area contributed by atoms with Gasteiger partial charge in [0.2, 0.25) is 5.89 Å². The first-order chi connectivity index (χ1) is 11.6. The summed E-state index contributed by atoms with van der Waals surface area (Å²) in [5.74, 6) is 1.40. The molecule has 0 N–H and O–H groups in total. The lowest BCUT2D eigenvalue weighted by Gasteiger charge is -2.38. The van der Waals surface area contributed by atoms with Gasteiger partial charge in [-0.2, -0.15) is 4.98 Å². The fourth-order valence-corrected chi connectivity index (χ4v) is 2.89. The van der Waals surface area contributed by atoms with Crippen molar-refractivity contribution >= 4 is 11.4 Å². The highest BCUT2D eigenvalue weighted by Crippen LogP contribution is 2.24.